The maximum atomic E-state index is 11.1. The zero-order chi connectivity index (χ0) is 15.9. The highest BCUT2D eigenvalue weighted by Crippen LogP contribution is 2.19. The highest BCUT2D eigenvalue weighted by molar-refractivity contribution is 5.83. The van der Waals surface area contributed by atoms with Crippen molar-refractivity contribution in [2.75, 3.05) is 20.1 Å². The summed E-state index contributed by atoms with van der Waals surface area (Å²) in [7, 11) is 1.56. The van der Waals surface area contributed by atoms with Crippen molar-refractivity contribution in [3.63, 3.8) is 0 Å². The summed E-state index contributed by atoms with van der Waals surface area (Å²) in [6.45, 7) is 7.75. The molecule has 2 rings (SSSR count). The molecule has 118 valence electrons. The van der Waals surface area contributed by atoms with Crippen LogP contribution in [0.15, 0.2) is 36.4 Å². The van der Waals surface area contributed by atoms with Crippen molar-refractivity contribution in [1.82, 2.24) is 10.2 Å². The average Bonchev–Trinajstić information content (AvgIpc) is 2.57. The van der Waals surface area contributed by atoms with Crippen LogP contribution < -0.4 is 5.32 Å². The van der Waals surface area contributed by atoms with Gasteiger partial charge in [0.25, 0.3) is 0 Å². The molecule has 0 aromatic heterocycles. The fraction of sp³-hybridized carbons (Fsp3) is 0.389. The molecule has 0 saturated heterocycles. The molecule has 0 spiro atoms. The Bertz CT molecular complexity index is 636. The van der Waals surface area contributed by atoms with Crippen molar-refractivity contribution < 1.29 is 9.53 Å². The summed E-state index contributed by atoms with van der Waals surface area (Å²) in [6.07, 6.45) is -0.408. The molecule has 0 aliphatic rings. The number of nitrogens with one attached hydrogen (secondary N) is 1. The minimum atomic E-state index is -0.408. The first-order chi connectivity index (χ1) is 10.7. The predicted octanol–water partition coefficient (Wildman–Crippen LogP) is 3.54. The Kier molecular flexibility index (Phi) is 5.78. The number of hydrogen-bond donors (Lipinski definition) is 1. The van der Waals surface area contributed by atoms with Crippen LogP contribution in [0.3, 0.4) is 0 Å². The van der Waals surface area contributed by atoms with Crippen LogP contribution in [-0.4, -0.2) is 31.1 Å². The summed E-state index contributed by atoms with van der Waals surface area (Å²) < 4.78 is 5.07. The normalized spacial score (nSPS) is 10.9. The van der Waals surface area contributed by atoms with Crippen LogP contribution in [0, 0.1) is 0 Å². The van der Waals surface area contributed by atoms with Gasteiger partial charge in [-0.2, -0.15) is 0 Å². The lowest BCUT2D eigenvalue weighted by Crippen LogP contribution is -2.21. The fourth-order valence-electron chi connectivity index (χ4n) is 2.46. The number of rotatable bonds is 6. The molecular formula is C18H24N2O2. The van der Waals surface area contributed by atoms with Crippen LogP contribution >= 0.6 is 0 Å². The minimum Gasteiger partial charge on any atom is -0.445 e. The zero-order valence-corrected chi connectivity index (χ0v) is 13.6. The monoisotopic (exact) mass is 300 g/mol. The third-order valence-corrected chi connectivity index (χ3v) is 3.84. The van der Waals surface area contributed by atoms with Crippen LogP contribution in [0.1, 0.15) is 25.0 Å². The van der Waals surface area contributed by atoms with Crippen LogP contribution in [0.4, 0.5) is 4.79 Å². The van der Waals surface area contributed by atoms with Crippen molar-refractivity contribution in [3.05, 3.63) is 47.5 Å². The Morgan fingerprint density at radius 1 is 1.05 bits per heavy atom. The molecule has 0 saturated carbocycles. The van der Waals surface area contributed by atoms with Crippen molar-refractivity contribution in [3.8, 4) is 0 Å². The standard InChI is InChI=1S/C18H24N2O2/c1-4-20(5-2)12-14-6-8-17-11-15(7-9-16(17)10-14)13-22-18(21)19-3/h6-11H,4-5,12-13H2,1-3H3,(H,19,21). The Morgan fingerprint density at radius 3 is 2.23 bits per heavy atom. The van der Waals surface area contributed by atoms with Crippen LogP contribution in [0.25, 0.3) is 10.8 Å². The van der Waals surface area contributed by atoms with Crippen molar-refractivity contribution in [2.45, 2.75) is 27.0 Å². The van der Waals surface area contributed by atoms with E-state index in [4.69, 9.17) is 4.74 Å². The summed E-state index contributed by atoms with van der Waals surface area (Å²) >= 11 is 0. The van der Waals surface area contributed by atoms with Gasteiger partial charge in [0.1, 0.15) is 6.61 Å². The van der Waals surface area contributed by atoms with Gasteiger partial charge in [0.2, 0.25) is 0 Å². The van der Waals surface area contributed by atoms with E-state index in [-0.39, 0.29) is 6.61 Å². The Morgan fingerprint density at radius 2 is 1.64 bits per heavy atom. The Hall–Kier alpha value is -2.07. The van der Waals surface area contributed by atoms with Gasteiger partial charge in [0, 0.05) is 13.6 Å². The van der Waals surface area contributed by atoms with Gasteiger partial charge in [0.05, 0.1) is 0 Å². The first-order valence-corrected chi connectivity index (χ1v) is 7.74. The maximum absolute atomic E-state index is 11.1. The van der Waals surface area contributed by atoms with E-state index in [9.17, 15) is 4.79 Å². The largest absolute Gasteiger partial charge is 0.445 e. The van der Waals surface area contributed by atoms with Crippen molar-refractivity contribution in [2.24, 2.45) is 0 Å². The van der Waals surface area contributed by atoms with E-state index in [0.717, 1.165) is 25.2 Å². The van der Waals surface area contributed by atoms with Gasteiger partial charge in [0.15, 0.2) is 0 Å². The number of nitrogens with zero attached hydrogens (tertiary/aromatic N) is 1. The molecule has 0 atom stereocenters. The minimum absolute atomic E-state index is 0.289. The molecule has 0 aliphatic heterocycles. The van der Waals surface area contributed by atoms with E-state index in [1.54, 1.807) is 7.05 Å². The molecule has 22 heavy (non-hydrogen) atoms. The Labute approximate surface area is 132 Å². The summed E-state index contributed by atoms with van der Waals surface area (Å²) in [6, 6.07) is 12.7. The van der Waals surface area contributed by atoms with Crippen molar-refractivity contribution >= 4 is 16.9 Å². The quantitative estimate of drug-likeness (QED) is 0.887. The smallest absolute Gasteiger partial charge is 0.407 e. The molecule has 0 fully saturated rings. The summed E-state index contributed by atoms with van der Waals surface area (Å²) in [5.41, 5.74) is 2.32. The molecule has 1 N–H and O–H groups in total. The summed E-state index contributed by atoms with van der Waals surface area (Å²) in [5, 5.41) is 4.83. The highest BCUT2D eigenvalue weighted by Gasteiger charge is 2.04. The highest BCUT2D eigenvalue weighted by atomic mass is 16.5. The molecule has 4 heteroatoms. The van der Waals surface area contributed by atoms with E-state index in [0.29, 0.717) is 0 Å². The summed E-state index contributed by atoms with van der Waals surface area (Å²) in [5.74, 6) is 0. The lowest BCUT2D eigenvalue weighted by atomic mass is 10.0. The fourth-order valence-corrected chi connectivity index (χ4v) is 2.46. The van der Waals surface area contributed by atoms with Gasteiger partial charge in [-0.15, -0.1) is 0 Å². The molecule has 0 radical (unpaired) electrons. The number of alkyl carbamates (subject to hydrolysis) is 1. The maximum Gasteiger partial charge on any atom is 0.407 e. The van der Waals surface area contributed by atoms with Gasteiger partial charge in [-0.3, -0.25) is 4.90 Å². The number of benzene rings is 2. The van der Waals surface area contributed by atoms with Gasteiger partial charge in [-0.05, 0) is 47.1 Å². The molecule has 2 aromatic rings. The average molecular weight is 300 g/mol. The van der Waals surface area contributed by atoms with Crippen LogP contribution in [-0.2, 0) is 17.9 Å². The number of hydrogen-bond acceptors (Lipinski definition) is 3. The molecule has 2 aromatic carbocycles. The number of carbonyl (C=O) groups is 1. The zero-order valence-electron chi connectivity index (χ0n) is 13.6. The van der Waals surface area contributed by atoms with Gasteiger partial charge >= 0.3 is 6.09 Å². The molecular weight excluding hydrogens is 276 g/mol. The van der Waals surface area contributed by atoms with E-state index >= 15 is 0 Å². The molecule has 0 aliphatic carbocycles. The van der Waals surface area contributed by atoms with Crippen molar-refractivity contribution in [1.29, 1.82) is 0 Å². The second kappa shape index (κ2) is 7.80. The second-order valence-electron chi connectivity index (χ2n) is 5.30. The van der Waals surface area contributed by atoms with Gasteiger partial charge in [-0.1, -0.05) is 38.1 Å². The number of fused-ring (bicyclic) bond motifs is 1. The number of carbonyl (C=O) groups excluding carboxylic acids is 1. The third kappa shape index (κ3) is 4.21. The van der Waals surface area contributed by atoms with Crippen LogP contribution in [0.2, 0.25) is 0 Å². The molecule has 4 nitrogen and oxygen atoms in total. The molecule has 1 amide bonds. The van der Waals surface area contributed by atoms with Gasteiger partial charge < -0.3 is 10.1 Å². The third-order valence-electron chi connectivity index (χ3n) is 3.84. The van der Waals surface area contributed by atoms with E-state index in [2.05, 4.69) is 54.4 Å². The number of amides is 1. The van der Waals surface area contributed by atoms with E-state index in [1.807, 2.05) is 6.07 Å². The molecule has 0 unspecified atom stereocenters. The lowest BCUT2D eigenvalue weighted by Gasteiger charge is -2.18. The lowest BCUT2D eigenvalue weighted by molar-refractivity contribution is 0.142. The van der Waals surface area contributed by atoms with Crippen LogP contribution in [0.5, 0.6) is 0 Å². The Balaban J connectivity index is 2.12. The number of ether oxygens (including phenoxy) is 1. The summed E-state index contributed by atoms with van der Waals surface area (Å²) in [4.78, 5) is 13.5. The van der Waals surface area contributed by atoms with Gasteiger partial charge in [-0.25, -0.2) is 4.79 Å². The van der Waals surface area contributed by atoms with E-state index < -0.39 is 6.09 Å². The second-order valence-corrected chi connectivity index (χ2v) is 5.30. The molecule has 0 bridgehead atoms. The topological polar surface area (TPSA) is 41.6 Å². The first-order valence-electron chi connectivity index (χ1n) is 7.74. The molecule has 0 heterocycles. The predicted molar refractivity (Wildman–Crippen MR) is 89.8 cm³/mol. The van der Waals surface area contributed by atoms with E-state index in [1.165, 1.54) is 16.3 Å². The SMILES string of the molecule is CCN(CC)Cc1ccc2cc(COC(=O)NC)ccc2c1. The first kappa shape index (κ1) is 16.3.